The van der Waals surface area contributed by atoms with Gasteiger partial charge in [0.25, 0.3) is 5.91 Å². The van der Waals surface area contributed by atoms with Gasteiger partial charge in [0.1, 0.15) is 11.8 Å². The molecule has 0 saturated carbocycles. The lowest BCUT2D eigenvalue weighted by Gasteiger charge is -2.09. The Labute approximate surface area is 134 Å². The van der Waals surface area contributed by atoms with Crippen molar-refractivity contribution in [3.05, 3.63) is 58.1 Å². The van der Waals surface area contributed by atoms with Crippen LogP contribution < -0.4 is 10.1 Å². The maximum Gasteiger partial charge on any atom is 0.262 e. The molecule has 2 aromatic rings. The van der Waals surface area contributed by atoms with E-state index >= 15 is 0 Å². The second-order valence-electron chi connectivity index (χ2n) is 4.97. The summed E-state index contributed by atoms with van der Waals surface area (Å²) in [6, 6.07) is 12.5. The Morgan fingerprint density at radius 1 is 1.23 bits per heavy atom. The predicted molar refractivity (Wildman–Crippen MR) is 86.2 cm³/mol. The molecule has 0 atom stereocenters. The number of aryl methyl sites for hydroxylation is 2. The van der Waals surface area contributed by atoms with Gasteiger partial charge in [0.2, 0.25) is 0 Å². The Balaban J connectivity index is 1.97. The summed E-state index contributed by atoms with van der Waals surface area (Å²) in [6.07, 6.45) is 0. The molecule has 2 rings (SSSR count). The van der Waals surface area contributed by atoms with Crippen LogP contribution in [0.2, 0.25) is 5.02 Å². The molecule has 0 bridgehead atoms. The third-order valence-electron chi connectivity index (χ3n) is 2.94. The van der Waals surface area contributed by atoms with Gasteiger partial charge in [-0.25, -0.2) is 0 Å². The molecular weight excluding hydrogens is 300 g/mol. The minimum Gasteiger partial charge on any atom is -0.484 e. The minimum absolute atomic E-state index is 0.104. The van der Waals surface area contributed by atoms with E-state index in [2.05, 4.69) is 5.32 Å². The van der Waals surface area contributed by atoms with E-state index in [1.54, 1.807) is 12.1 Å². The van der Waals surface area contributed by atoms with Gasteiger partial charge < -0.3 is 10.1 Å². The summed E-state index contributed by atoms with van der Waals surface area (Å²) in [7, 11) is 0. The number of hydrogen-bond donors (Lipinski definition) is 1. The fourth-order valence-electron chi connectivity index (χ4n) is 2.05. The van der Waals surface area contributed by atoms with Crippen LogP contribution in [0.3, 0.4) is 0 Å². The molecule has 2 aromatic carbocycles. The monoisotopic (exact) mass is 314 g/mol. The van der Waals surface area contributed by atoms with Gasteiger partial charge in [0.15, 0.2) is 6.61 Å². The molecule has 0 aliphatic carbocycles. The smallest absolute Gasteiger partial charge is 0.262 e. The Kier molecular flexibility index (Phi) is 5.03. The largest absolute Gasteiger partial charge is 0.484 e. The van der Waals surface area contributed by atoms with Crippen LogP contribution in [0.1, 0.15) is 16.7 Å². The number of carbonyl (C=O) groups excluding carboxylic acids is 1. The number of nitrogens with zero attached hydrogens (tertiary/aromatic N) is 1. The Hall–Kier alpha value is -2.51. The maximum absolute atomic E-state index is 11.9. The molecule has 0 spiro atoms. The number of rotatable bonds is 4. The molecule has 1 N–H and O–H groups in total. The lowest BCUT2D eigenvalue weighted by molar-refractivity contribution is -0.118. The van der Waals surface area contributed by atoms with Crippen molar-refractivity contribution >= 4 is 23.2 Å². The molecule has 0 aliphatic heterocycles. The molecule has 112 valence electrons. The van der Waals surface area contributed by atoms with E-state index in [1.807, 2.05) is 38.1 Å². The quantitative estimate of drug-likeness (QED) is 0.932. The molecule has 4 nitrogen and oxygen atoms in total. The molecule has 0 heterocycles. The standard InChI is InChI=1S/C17H15ClN2O2/c1-11-5-12(2)7-15(6-11)22-10-17(21)20-14-3-4-16(18)13(8-14)9-19/h3-8H,10H2,1-2H3,(H,20,21). The molecule has 22 heavy (non-hydrogen) atoms. The van der Waals surface area contributed by atoms with E-state index in [4.69, 9.17) is 21.6 Å². The van der Waals surface area contributed by atoms with Crippen LogP contribution in [0.25, 0.3) is 0 Å². The third-order valence-corrected chi connectivity index (χ3v) is 3.27. The average Bonchev–Trinajstić information content (AvgIpc) is 2.46. The Morgan fingerprint density at radius 2 is 1.91 bits per heavy atom. The lowest BCUT2D eigenvalue weighted by Crippen LogP contribution is -2.20. The average molecular weight is 315 g/mol. The fourth-order valence-corrected chi connectivity index (χ4v) is 2.21. The summed E-state index contributed by atoms with van der Waals surface area (Å²) in [5.41, 5.74) is 2.98. The van der Waals surface area contributed by atoms with E-state index in [1.165, 1.54) is 6.07 Å². The van der Waals surface area contributed by atoms with Crippen LogP contribution in [0.15, 0.2) is 36.4 Å². The summed E-state index contributed by atoms with van der Waals surface area (Å²) in [5.74, 6) is 0.354. The van der Waals surface area contributed by atoms with Crippen LogP contribution in [-0.4, -0.2) is 12.5 Å². The van der Waals surface area contributed by atoms with E-state index < -0.39 is 0 Å². The first-order valence-electron chi connectivity index (χ1n) is 6.68. The molecule has 0 aliphatic rings. The number of nitriles is 1. The second-order valence-corrected chi connectivity index (χ2v) is 5.37. The molecule has 0 radical (unpaired) electrons. The van der Waals surface area contributed by atoms with Crippen LogP contribution in [0, 0.1) is 25.2 Å². The molecule has 5 heteroatoms. The number of ether oxygens (including phenoxy) is 1. The van der Waals surface area contributed by atoms with Gasteiger partial charge in [-0.1, -0.05) is 17.7 Å². The number of carbonyl (C=O) groups is 1. The first-order valence-corrected chi connectivity index (χ1v) is 7.06. The highest BCUT2D eigenvalue weighted by Crippen LogP contribution is 2.20. The summed E-state index contributed by atoms with van der Waals surface area (Å²) in [5, 5.41) is 11.9. The van der Waals surface area contributed by atoms with Crippen molar-refractivity contribution < 1.29 is 9.53 Å². The highest BCUT2D eigenvalue weighted by molar-refractivity contribution is 6.31. The summed E-state index contributed by atoms with van der Waals surface area (Å²) in [4.78, 5) is 11.9. The summed E-state index contributed by atoms with van der Waals surface area (Å²) >= 11 is 5.84. The van der Waals surface area contributed by atoms with Gasteiger partial charge in [0.05, 0.1) is 10.6 Å². The molecule has 0 fully saturated rings. The molecule has 0 saturated heterocycles. The van der Waals surface area contributed by atoms with Crippen LogP contribution in [-0.2, 0) is 4.79 Å². The van der Waals surface area contributed by atoms with Crippen molar-refractivity contribution in [2.75, 3.05) is 11.9 Å². The molecule has 1 amide bonds. The van der Waals surface area contributed by atoms with Crippen LogP contribution in [0.4, 0.5) is 5.69 Å². The number of amides is 1. The first kappa shape index (κ1) is 15.9. The first-order chi connectivity index (χ1) is 10.5. The lowest BCUT2D eigenvalue weighted by atomic mass is 10.1. The maximum atomic E-state index is 11.9. The number of halogens is 1. The van der Waals surface area contributed by atoms with Gasteiger partial charge in [-0.05, 0) is 55.3 Å². The van der Waals surface area contributed by atoms with Crippen molar-refractivity contribution in [2.45, 2.75) is 13.8 Å². The van der Waals surface area contributed by atoms with Gasteiger partial charge in [-0.3, -0.25) is 4.79 Å². The zero-order chi connectivity index (χ0) is 16.1. The zero-order valence-corrected chi connectivity index (χ0v) is 13.1. The highest BCUT2D eigenvalue weighted by Gasteiger charge is 2.07. The van der Waals surface area contributed by atoms with Gasteiger partial charge in [0, 0.05) is 5.69 Å². The number of hydrogen-bond acceptors (Lipinski definition) is 3. The Morgan fingerprint density at radius 3 is 2.55 bits per heavy atom. The Bertz CT molecular complexity index is 731. The number of benzene rings is 2. The fraction of sp³-hybridized carbons (Fsp3) is 0.176. The van der Waals surface area contributed by atoms with E-state index in [9.17, 15) is 4.79 Å². The summed E-state index contributed by atoms with van der Waals surface area (Å²) in [6.45, 7) is 3.83. The number of anilines is 1. The van der Waals surface area contributed by atoms with Crippen molar-refractivity contribution in [3.8, 4) is 11.8 Å². The third kappa shape index (κ3) is 4.24. The molecule has 0 unspecified atom stereocenters. The number of nitrogens with one attached hydrogen (secondary N) is 1. The van der Waals surface area contributed by atoms with E-state index in [-0.39, 0.29) is 12.5 Å². The predicted octanol–water partition coefficient (Wildman–Crippen LogP) is 3.85. The summed E-state index contributed by atoms with van der Waals surface area (Å²) < 4.78 is 5.48. The normalized spacial score (nSPS) is 9.91. The molecule has 0 aromatic heterocycles. The zero-order valence-electron chi connectivity index (χ0n) is 12.3. The van der Waals surface area contributed by atoms with Crippen molar-refractivity contribution in [1.82, 2.24) is 0 Å². The van der Waals surface area contributed by atoms with E-state index in [0.717, 1.165) is 11.1 Å². The van der Waals surface area contributed by atoms with Crippen molar-refractivity contribution in [2.24, 2.45) is 0 Å². The molecular formula is C17H15ClN2O2. The minimum atomic E-state index is -0.301. The second kappa shape index (κ2) is 6.97. The topological polar surface area (TPSA) is 62.1 Å². The van der Waals surface area contributed by atoms with E-state index in [0.29, 0.717) is 22.0 Å². The van der Waals surface area contributed by atoms with Gasteiger partial charge in [-0.2, -0.15) is 5.26 Å². The van der Waals surface area contributed by atoms with Crippen LogP contribution >= 0.6 is 11.6 Å². The van der Waals surface area contributed by atoms with Crippen LogP contribution in [0.5, 0.6) is 5.75 Å². The van der Waals surface area contributed by atoms with Crippen molar-refractivity contribution in [1.29, 1.82) is 5.26 Å². The SMILES string of the molecule is Cc1cc(C)cc(OCC(=O)Nc2ccc(Cl)c(C#N)c2)c1. The van der Waals surface area contributed by atoms with Gasteiger partial charge >= 0.3 is 0 Å². The van der Waals surface area contributed by atoms with Crippen molar-refractivity contribution in [3.63, 3.8) is 0 Å². The highest BCUT2D eigenvalue weighted by atomic mass is 35.5. The van der Waals surface area contributed by atoms with Gasteiger partial charge in [-0.15, -0.1) is 0 Å².